The molecule has 0 spiro atoms. The van der Waals surface area contributed by atoms with Gasteiger partial charge in [-0.05, 0) is 25.2 Å². The highest BCUT2D eigenvalue weighted by atomic mass is 35.5. The Labute approximate surface area is 110 Å². The zero-order valence-corrected chi connectivity index (χ0v) is 11.0. The van der Waals surface area contributed by atoms with Crippen molar-refractivity contribution in [1.29, 1.82) is 0 Å². The van der Waals surface area contributed by atoms with Gasteiger partial charge in [0.2, 0.25) is 0 Å². The lowest BCUT2D eigenvalue weighted by atomic mass is 10.2. The standard InChI is InChI=1S/C12H13Cl2N3/c1-15-4-6-17-7-5-16-12(17)10-3-2-9(13)8-11(10)14/h2-3,5,7-8,15H,4,6H2,1H3. The van der Waals surface area contributed by atoms with Crippen LogP contribution < -0.4 is 5.32 Å². The van der Waals surface area contributed by atoms with E-state index < -0.39 is 0 Å². The van der Waals surface area contributed by atoms with E-state index >= 15 is 0 Å². The van der Waals surface area contributed by atoms with Crippen molar-refractivity contribution < 1.29 is 0 Å². The predicted molar refractivity (Wildman–Crippen MR) is 71.6 cm³/mol. The van der Waals surface area contributed by atoms with Crippen molar-refractivity contribution >= 4 is 23.2 Å². The Bertz CT molecular complexity index is 508. The number of hydrogen-bond donors (Lipinski definition) is 1. The molecule has 2 aromatic rings. The molecule has 0 saturated carbocycles. The number of likely N-dealkylation sites (N-methyl/N-ethyl adjacent to an activating group) is 1. The van der Waals surface area contributed by atoms with Gasteiger partial charge in [0.1, 0.15) is 5.82 Å². The molecule has 1 aromatic carbocycles. The highest BCUT2D eigenvalue weighted by molar-refractivity contribution is 6.36. The van der Waals surface area contributed by atoms with Crippen LogP contribution in [0.15, 0.2) is 30.6 Å². The van der Waals surface area contributed by atoms with Gasteiger partial charge in [0, 0.05) is 36.1 Å². The molecule has 0 fully saturated rings. The van der Waals surface area contributed by atoms with Gasteiger partial charge in [0.05, 0.1) is 5.02 Å². The summed E-state index contributed by atoms with van der Waals surface area (Å²) < 4.78 is 2.06. The number of benzene rings is 1. The summed E-state index contributed by atoms with van der Waals surface area (Å²) in [6.07, 6.45) is 3.72. The Morgan fingerprint density at radius 1 is 1.35 bits per heavy atom. The van der Waals surface area contributed by atoms with Gasteiger partial charge in [-0.3, -0.25) is 0 Å². The molecule has 0 bridgehead atoms. The molecule has 0 unspecified atom stereocenters. The van der Waals surface area contributed by atoms with Crippen LogP contribution in [-0.4, -0.2) is 23.1 Å². The molecule has 0 radical (unpaired) electrons. The first-order valence-electron chi connectivity index (χ1n) is 5.33. The van der Waals surface area contributed by atoms with Crippen LogP contribution in [0, 0.1) is 0 Å². The molecule has 0 aliphatic heterocycles. The summed E-state index contributed by atoms with van der Waals surface area (Å²) in [5.41, 5.74) is 0.900. The molecule has 90 valence electrons. The first-order chi connectivity index (χ1) is 8.22. The number of halogens is 2. The topological polar surface area (TPSA) is 29.9 Å². The maximum atomic E-state index is 6.17. The fourth-order valence-electron chi connectivity index (χ4n) is 1.64. The maximum absolute atomic E-state index is 6.17. The summed E-state index contributed by atoms with van der Waals surface area (Å²) in [4.78, 5) is 4.34. The molecule has 0 aliphatic rings. The molecule has 17 heavy (non-hydrogen) atoms. The third-order valence-corrected chi connectivity index (χ3v) is 3.04. The fourth-order valence-corrected chi connectivity index (χ4v) is 2.13. The van der Waals surface area contributed by atoms with Crippen molar-refractivity contribution in [3.8, 4) is 11.4 Å². The molecule has 1 heterocycles. The smallest absolute Gasteiger partial charge is 0.141 e. The van der Waals surface area contributed by atoms with Gasteiger partial charge in [-0.25, -0.2) is 4.98 Å². The Morgan fingerprint density at radius 3 is 2.88 bits per heavy atom. The van der Waals surface area contributed by atoms with Gasteiger partial charge in [-0.15, -0.1) is 0 Å². The summed E-state index contributed by atoms with van der Waals surface area (Å²) in [7, 11) is 1.92. The van der Waals surface area contributed by atoms with Crippen LogP contribution in [0.3, 0.4) is 0 Å². The maximum Gasteiger partial charge on any atom is 0.141 e. The van der Waals surface area contributed by atoms with Crippen molar-refractivity contribution in [3.63, 3.8) is 0 Å². The van der Waals surface area contributed by atoms with E-state index in [0.29, 0.717) is 10.0 Å². The highest BCUT2D eigenvalue weighted by Gasteiger charge is 2.09. The fraction of sp³-hybridized carbons (Fsp3) is 0.250. The molecule has 0 aliphatic carbocycles. The second-order valence-electron chi connectivity index (χ2n) is 3.67. The molecule has 0 atom stereocenters. The zero-order valence-electron chi connectivity index (χ0n) is 9.45. The third kappa shape index (κ3) is 2.80. The molecule has 2 rings (SSSR count). The minimum atomic E-state index is 0.620. The Morgan fingerprint density at radius 2 is 2.18 bits per heavy atom. The zero-order chi connectivity index (χ0) is 12.3. The van der Waals surface area contributed by atoms with Crippen LogP contribution in [0.2, 0.25) is 10.0 Å². The number of hydrogen-bond acceptors (Lipinski definition) is 2. The highest BCUT2D eigenvalue weighted by Crippen LogP contribution is 2.29. The predicted octanol–water partition coefficient (Wildman–Crippen LogP) is 3.08. The largest absolute Gasteiger partial charge is 0.330 e. The lowest BCUT2D eigenvalue weighted by Crippen LogP contribution is -2.15. The van der Waals surface area contributed by atoms with Crippen LogP contribution in [0.4, 0.5) is 0 Å². The SMILES string of the molecule is CNCCn1ccnc1-c1ccc(Cl)cc1Cl. The van der Waals surface area contributed by atoms with E-state index in [2.05, 4.69) is 14.9 Å². The van der Waals surface area contributed by atoms with Gasteiger partial charge < -0.3 is 9.88 Å². The minimum Gasteiger partial charge on any atom is -0.330 e. The molecule has 0 saturated heterocycles. The van der Waals surface area contributed by atoms with Crippen LogP contribution in [0.1, 0.15) is 0 Å². The van der Waals surface area contributed by atoms with Crippen LogP contribution in [0.5, 0.6) is 0 Å². The van der Waals surface area contributed by atoms with E-state index in [-0.39, 0.29) is 0 Å². The lowest BCUT2D eigenvalue weighted by molar-refractivity contribution is 0.649. The average Bonchev–Trinajstić information content (AvgIpc) is 2.74. The number of aromatic nitrogens is 2. The molecule has 0 amide bonds. The first-order valence-corrected chi connectivity index (χ1v) is 6.09. The van der Waals surface area contributed by atoms with E-state index in [9.17, 15) is 0 Å². The van der Waals surface area contributed by atoms with E-state index in [4.69, 9.17) is 23.2 Å². The summed E-state index contributed by atoms with van der Waals surface area (Å²) >= 11 is 12.1. The molecule has 1 N–H and O–H groups in total. The molecular weight excluding hydrogens is 257 g/mol. The van der Waals surface area contributed by atoms with Gasteiger partial charge >= 0.3 is 0 Å². The average molecular weight is 270 g/mol. The molecule has 1 aromatic heterocycles. The van der Waals surface area contributed by atoms with Crippen molar-refractivity contribution in [2.24, 2.45) is 0 Å². The number of rotatable bonds is 4. The lowest BCUT2D eigenvalue weighted by Gasteiger charge is -2.09. The summed E-state index contributed by atoms with van der Waals surface area (Å²) in [6.45, 7) is 1.74. The summed E-state index contributed by atoms with van der Waals surface area (Å²) in [6, 6.07) is 5.44. The Kier molecular flexibility index (Phi) is 4.05. The minimum absolute atomic E-state index is 0.620. The van der Waals surface area contributed by atoms with Crippen LogP contribution in [0.25, 0.3) is 11.4 Å². The van der Waals surface area contributed by atoms with Gasteiger partial charge in [-0.2, -0.15) is 0 Å². The van der Waals surface area contributed by atoms with Crippen LogP contribution >= 0.6 is 23.2 Å². The Balaban J connectivity index is 2.35. The number of imidazole rings is 1. The van der Waals surface area contributed by atoms with E-state index in [1.54, 1.807) is 12.3 Å². The second kappa shape index (κ2) is 5.54. The second-order valence-corrected chi connectivity index (χ2v) is 4.52. The molecule has 3 nitrogen and oxygen atoms in total. The summed E-state index contributed by atoms with van der Waals surface area (Å²) in [5, 5.41) is 4.36. The van der Waals surface area contributed by atoms with Crippen LogP contribution in [-0.2, 0) is 6.54 Å². The molecular formula is C12H13Cl2N3. The normalized spacial score (nSPS) is 10.8. The van der Waals surface area contributed by atoms with E-state index in [0.717, 1.165) is 24.5 Å². The van der Waals surface area contributed by atoms with E-state index in [1.165, 1.54) is 0 Å². The first kappa shape index (κ1) is 12.4. The number of nitrogens with one attached hydrogen (secondary N) is 1. The third-order valence-electron chi connectivity index (χ3n) is 2.49. The number of nitrogens with zero attached hydrogens (tertiary/aromatic N) is 2. The Hall–Kier alpha value is -1.03. The molecule has 5 heteroatoms. The van der Waals surface area contributed by atoms with Crippen molar-refractivity contribution in [2.75, 3.05) is 13.6 Å². The van der Waals surface area contributed by atoms with Crippen molar-refractivity contribution in [3.05, 3.63) is 40.6 Å². The van der Waals surface area contributed by atoms with Gasteiger partial charge in [0.15, 0.2) is 0 Å². The summed E-state index contributed by atoms with van der Waals surface area (Å²) in [5.74, 6) is 0.863. The van der Waals surface area contributed by atoms with Gasteiger partial charge in [-0.1, -0.05) is 23.2 Å². The monoisotopic (exact) mass is 269 g/mol. The van der Waals surface area contributed by atoms with E-state index in [1.807, 2.05) is 25.4 Å². The van der Waals surface area contributed by atoms with Crippen molar-refractivity contribution in [1.82, 2.24) is 14.9 Å². The quantitative estimate of drug-likeness (QED) is 0.925. The van der Waals surface area contributed by atoms with Gasteiger partial charge in [0.25, 0.3) is 0 Å². The van der Waals surface area contributed by atoms with Crippen molar-refractivity contribution in [2.45, 2.75) is 6.54 Å².